The Labute approximate surface area is 191 Å². The fraction of sp³-hybridized carbons (Fsp3) is 0.217. The Bertz CT molecular complexity index is 1290. The predicted octanol–water partition coefficient (Wildman–Crippen LogP) is 5.25. The molecule has 2 aromatic carbocycles. The summed E-state index contributed by atoms with van der Waals surface area (Å²) in [5.41, 5.74) is 2.54. The van der Waals surface area contributed by atoms with E-state index in [1.54, 1.807) is 35.7 Å². The largest absolute Gasteiger partial charge is 0.494 e. The number of aryl methyl sites for hydroxylation is 1. The molecule has 0 atom stereocenters. The van der Waals surface area contributed by atoms with E-state index in [4.69, 9.17) is 9.26 Å². The summed E-state index contributed by atoms with van der Waals surface area (Å²) in [5, 5.41) is 5.75. The summed E-state index contributed by atoms with van der Waals surface area (Å²) in [4.78, 5) is 4.98. The molecule has 2 heterocycles. The topological polar surface area (TPSA) is 85.5 Å². The Kier molecular flexibility index (Phi) is 6.29. The quantitative estimate of drug-likeness (QED) is 0.350. The van der Waals surface area contributed by atoms with E-state index >= 15 is 0 Å². The van der Waals surface area contributed by atoms with Crippen LogP contribution in [0.1, 0.15) is 19.4 Å². The van der Waals surface area contributed by atoms with Crippen LogP contribution in [0.15, 0.2) is 69.4 Å². The predicted molar refractivity (Wildman–Crippen MR) is 126 cm³/mol. The van der Waals surface area contributed by atoms with Crippen LogP contribution in [0, 0.1) is 0 Å². The van der Waals surface area contributed by atoms with E-state index in [9.17, 15) is 8.42 Å². The van der Waals surface area contributed by atoms with Crippen LogP contribution in [0.4, 0.5) is 5.69 Å². The normalized spacial score (nSPS) is 11.5. The third-order valence-corrected chi connectivity index (χ3v) is 7.88. The highest BCUT2D eigenvalue weighted by Gasteiger charge is 2.28. The standard InChI is InChI=1S/C23H23N3O4S2/c1-4-16-6-8-17(9-7-16)22-24-23(30-25-22)21-20(14-15-31-21)32(27,28)26(3)18-10-12-19(13-11-18)29-5-2/h6-15H,4-5H2,1-3H3. The molecule has 4 aromatic rings. The average molecular weight is 470 g/mol. The van der Waals surface area contributed by atoms with Gasteiger partial charge in [-0.25, -0.2) is 8.42 Å². The van der Waals surface area contributed by atoms with Crippen molar-refractivity contribution in [1.29, 1.82) is 0 Å². The van der Waals surface area contributed by atoms with Crippen molar-refractivity contribution in [1.82, 2.24) is 10.1 Å². The lowest BCUT2D eigenvalue weighted by molar-refractivity contribution is 0.340. The van der Waals surface area contributed by atoms with E-state index < -0.39 is 10.0 Å². The Balaban J connectivity index is 1.63. The second-order valence-corrected chi connectivity index (χ2v) is 9.84. The molecule has 0 aliphatic rings. The van der Waals surface area contributed by atoms with Gasteiger partial charge in [-0.15, -0.1) is 11.3 Å². The van der Waals surface area contributed by atoms with Crippen LogP contribution in [-0.4, -0.2) is 32.2 Å². The van der Waals surface area contributed by atoms with Crippen molar-refractivity contribution in [2.24, 2.45) is 0 Å². The van der Waals surface area contributed by atoms with Gasteiger partial charge in [0.1, 0.15) is 15.5 Å². The van der Waals surface area contributed by atoms with Crippen LogP contribution in [-0.2, 0) is 16.4 Å². The number of ether oxygens (including phenoxy) is 1. The zero-order valence-electron chi connectivity index (χ0n) is 18.0. The van der Waals surface area contributed by atoms with Gasteiger partial charge in [-0.3, -0.25) is 4.31 Å². The van der Waals surface area contributed by atoms with Gasteiger partial charge in [0, 0.05) is 12.6 Å². The Morgan fingerprint density at radius 3 is 2.41 bits per heavy atom. The minimum Gasteiger partial charge on any atom is -0.494 e. The van der Waals surface area contributed by atoms with Crippen molar-refractivity contribution in [3.05, 3.63) is 65.5 Å². The number of aromatic nitrogens is 2. The molecule has 2 aromatic heterocycles. The fourth-order valence-electron chi connectivity index (χ4n) is 3.18. The first kappa shape index (κ1) is 22.0. The summed E-state index contributed by atoms with van der Waals surface area (Å²) in [7, 11) is -2.33. The zero-order valence-corrected chi connectivity index (χ0v) is 19.6. The molecule has 166 valence electrons. The Hall–Kier alpha value is -3.17. The molecule has 0 unspecified atom stereocenters. The first-order valence-electron chi connectivity index (χ1n) is 10.2. The molecule has 4 rings (SSSR count). The third-order valence-electron chi connectivity index (χ3n) is 5.02. The highest BCUT2D eigenvalue weighted by molar-refractivity contribution is 7.93. The number of thiophene rings is 1. The van der Waals surface area contributed by atoms with Crippen molar-refractivity contribution in [2.75, 3.05) is 18.0 Å². The second kappa shape index (κ2) is 9.13. The van der Waals surface area contributed by atoms with Crippen LogP contribution in [0.2, 0.25) is 0 Å². The lowest BCUT2D eigenvalue weighted by atomic mass is 10.1. The van der Waals surface area contributed by atoms with Crippen molar-refractivity contribution >= 4 is 27.0 Å². The molecule has 0 N–H and O–H groups in total. The molecule has 0 saturated carbocycles. The number of anilines is 1. The molecular weight excluding hydrogens is 446 g/mol. The van der Waals surface area contributed by atoms with Gasteiger partial charge in [0.25, 0.3) is 15.9 Å². The molecule has 0 saturated heterocycles. The molecule has 0 aliphatic carbocycles. The van der Waals surface area contributed by atoms with Crippen molar-refractivity contribution in [3.8, 4) is 27.9 Å². The summed E-state index contributed by atoms with van der Waals surface area (Å²) >= 11 is 1.24. The fourth-order valence-corrected chi connectivity index (χ4v) is 5.69. The number of hydrogen-bond acceptors (Lipinski definition) is 7. The SMILES string of the molecule is CCOc1ccc(N(C)S(=O)(=O)c2ccsc2-c2nc(-c3ccc(CC)cc3)no2)cc1. The van der Waals surface area contributed by atoms with Crippen molar-refractivity contribution in [3.63, 3.8) is 0 Å². The molecule has 0 aliphatic heterocycles. The Morgan fingerprint density at radius 2 is 1.75 bits per heavy atom. The highest BCUT2D eigenvalue weighted by atomic mass is 32.2. The van der Waals surface area contributed by atoms with Gasteiger partial charge in [-0.05, 0) is 54.6 Å². The summed E-state index contributed by atoms with van der Waals surface area (Å²) < 4.78 is 38.8. The first-order valence-corrected chi connectivity index (χ1v) is 12.5. The van der Waals surface area contributed by atoms with Crippen LogP contribution in [0.25, 0.3) is 22.2 Å². The highest BCUT2D eigenvalue weighted by Crippen LogP contribution is 2.35. The lowest BCUT2D eigenvalue weighted by Crippen LogP contribution is -2.26. The summed E-state index contributed by atoms with van der Waals surface area (Å²) in [5.74, 6) is 1.27. The first-order chi connectivity index (χ1) is 15.4. The van der Waals surface area contributed by atoms with Gasteiger partial charge in [0.15, 0.2) is 0 Å². The molecule has 0 fully saturated rings. The van der Waals surface area contributed by atoms with Gasteiger partial charge in [-0.2, -0.15) is 4.98 Å². The molecular formula is C23H23N3O4S2. The summed E-state index contributed by atoms with van der Waals surface area (Å²) in [6.07, 6.45) is 0.941. The maximum absolute atomic E-state index is 13.4. The van der Waals surface area contributed by atoms with Crippen molar-refractivity contribution < 1.29 is 17.7 Å². The van der Waals surface area contributed by atoms with E-state index in [1.807, 2.05) is 31.2 Å². The summed E-state index contributed by atoms with van der Waals surface area (Å²) in [6.45, 7) is 4.52. The molecule has 7 nitrogen and oxygen atoms in total. The maximum Gasteiger partial charge on any atom is 0.269 e. The van der Waals surface area contributed by atoms with E-state index in [2.05, 4.69) is 17.1 Å². The maximum atomic E-state index is 13.4. The molecule has 0 spiro atoms. The smallest absolute Gasteiger partial charge is 0.269 e. The minimum atomic E-state index is -3.84. The monoisotopic (exact) mass is 469 g/mol. The number of hydrogen-bond donors (Lipinski definition) is 0. The third kappa shape index (κ3) is 4.26. The van der Waals surface area contributed by atoms with Gasteiger partial charge in [0.2, 0.25) is 5.82 Å². The van der Waals surface area contributed by atoms with Gasteiger partial charge in [0.05, 0.1) is 12.3 Å². The number of nitrogens with zero attached hydrogens (tertiary/aromatic N) is 3. The molecule has 0 bridgehead atoms. The van der Waals surface area contributed by atoms with E-state index in [1.165, 1.54) is 28.3 Å². The van der Waals surface area contributed by atoms with Crippen LogP contribution >= 0.6 is 11.3 Å². The minimum absolute atomic E-state index is 0.121. The Morgan fingerprint density at radius 1 is 1.03 bits per heavy atom. The molecule has 9 heteroatoms. The second-order valence-electron chi connectivity index (χ2n) is 6.99. The van der Waals surface area contributed by atoms with Gasteiger partial charge >= 0.3 is 0 Å². The lowest BCUT2D eigenvalue weighted by Gasteiger charge is -2.19. The molecule has 32 heavy (non-hydrogen) atoms. The van der Waals surface area contributed by atoms with Gasteiger partial charge in [-0.1, -0.05) is 36.3 Å². The number of sulfonamides is 1. The zero-order chi connectivity index (χ0) is 22.7. The van der Waals surface area contributed by atoms with E-state index in [-0.39, 0.29) is 10.8 Å². The van der Waals surface area contributed by atoms with Crippen LogP contribution in [0.3, 0.4) is 0 Å². The number of rotatable bonds is 8. The molecule has 0 amide bonds. The molecule has 0 radical (unpaired) electrons. The van der Waals surface area contributed by atoms with Crippen molar-refractivity contribution in [2.45, 2.75) is 25.2 Å². The average Bonchev–Trinajstić information content (AvgIpc) is 3.49. The van der Waals surface area contributed by atoms with Gasteiger partial charge < -0.3 is 9.26 Å². The van der Waals surface area contributed by atoms with Crippen LogP contribution in [0.5, 0.6) is 5.75 Å². The van der Waals surface area contributed by atoms with Crippen LogP contribution < -0.4 is 9.04 Å². The van der Waals surface area contributed by atoms with E-state index in [0.29, 0.717) is 28.7 Å². The summed E-state index contributed by atoms with van der Waals surface area (Å²) in [6, 6.07) is 16.3. The number of benzene rings is 2. The van der Waals surface area contributed by atoms with E-state index in [0.717, 1.165) is 12.0 Å².